The lowest BCUT2D eigenvalue weighted by Crippen LogP contribution is -2.50. The van der Waals surface area contributed by atoms with Crippen molar-refractivity contribution in [2.45, 2.75) is 63.6 Å². The van der Waals surface area contributed by atoms with E-state index in [4.69, 9.17) is 4.74 Å². The van der Waals surface area contributed by atoms with Crippen LogP contribution in [-0.2, 0) is 4.74 Å². The van der Waals surface area contributed by atoms with E-state index in [0.717, 1.165) is 12.6 Å². The maximum atomic E-state index is 5.69. The predicted octanol–water partition coefficient (Wildman–Crippen LogP) is 2.02. The second-order valence-electron chi connectivity index (χ2n) is 5.51. The third kappa shape index (κ3) is 3.43. The third-order valence-corrected chi connectivity index (χ3v) is 4.46. The molecule has 3 heteroatoms. The van der Waals surface area contributed by atoms with Crippen LogP contribution in [0.25, 0.3) is 0 Å². The van der Waals surface area contributed by atoms with Crippen molar-refractivity contribution in [1.29, 1.82) is 0 Å². The Kier molecular flexibility index (Phi) is 5.26. The Morgan fingerprint density at radius 2 is 2.00 bits per heavy atom. The number of likely N-dealkylation sites (N-methyl/N-ethyl adjacent to an activating group) is 1. The van der Waals surface area contributed by atoms with Crippen molar-refractivity contribution in [3.63, 3.8) is 0 Å². The summed E-state index contributed by atoms with van der Waals surface area (Å²) < 4.78 is 5.69. The van der Waals surface area contributed by atoms with E-state index >= 15 is 0 Å². The molecule has 0 radical (unpaired) electrons. The normalized spacial score (nSPS) is 34.4. The minimum Gasteiger partial charge on any atom is -0.380 e. The van der Waals surface area contributed by atoms with Crippen LogP contribution in [0.1, 0.15) is 45.4 Å². The van der Waals surface area contributed by atoms with Gasteiger partial charge in [0.25, 0.3) is 0 Å². The molecule has 2 rings (SSSR count). The van der Waals surface area contributed by atoms with Crippen molar-refractivity contribution in [2.75, 3.05) is 26.7 Å². The zero-order valence-electron chi connectivity index (χ0n) is 11.5. The van der Waals surface area contributed by atoms with Crippen molar-refractivity contribution in [3.05, 3.63) is 0 Å². The topological polar surface area (TPSA) is 24.5 Å². The van der Waals surface area contributed by atoms with Crippen LogP contribution in [0, 0.1) is 0 Å². The molecule has 0 aromatic rings. The van der Waals surface area contributed by atoms with Crippen LogP contribution in [0.5, 0.6) is 0 Å². The van der Waals surface area contributed by atoms with Crippen LogP contribution in [-0.4, -0.2) is 49.8 Å². The summed E-state index contributed by atoms with van der Waals surface area (Å²) in [5.74, 6) is 0. The number of nitrogens with one attached hydrogen (secondary N) is 1. The lowest BCUT2D eigenvalue weighted by atomic mass is 9.91. The molecule has 2 aliphatic rings. The van der Waals surface area contributed by atoms with Crippen molar-refractivity contribution in [3.8, 4) is 0 Å². The van der Waals surface area contributed by atoms with Gasteiger partial charge in [-0.05, 0) is 38.8 Å². The zero-order chi connectivity index (χ0) is 12.1. The fourth-order valence-electron chi connectivity index (χ4n) is 3.46. The van der Waals surface area contributed by atoms with E-state index in [2.05, 4.69) is 17.1 Å². The molecule has 17 heavy (non-hydrogen) atoms. The minimum absolute atomic E-state index is 0.463. The van der Waals surface area contributed by atoms with Crippen LogP contribution in [0.15, 0.2) is 0 Å². The lowest BCUT2D eigenvalue weighted by molar-refractivity contribution is -0.0117. The first-order valence-electron chi connectivity index (χ1n) is 7.35. The second-order valence-corrected chi connectivity index (χ2v) is 5.51. The quantitative estimate of drug-likeness (QED) is 0.795. The highest BCUT2D eigenvalue weighted by Gasteiger charge is 2.31. The number of hydrogen-bond acceptors (Lipinski definition) is 3. The number of nitrogens with zero attached hydrogens (tertiary/aromatic N) is 1. The molecular weight excluding hydrogens is 212 g/mol. The molecule has 1 aliphatic carbocycles. The minimum atomic E-state index is 0.463. The van der Waals surface area contributed by atoms with Crippen LogP contribution in [0.2, 0.25) is 0 Å². The number of methoxy groups -OCH3 is 1. The molecule has 0 amide bonds. The van der Waals surface area contributed by atoms with Crippen molar-refractivity contribution in [1.82, 2.24) is 10.2 Å². The summed E-state index contributed by atoms with van der Waals surface area (Å²) in [4.78, 5) is 2.65. The van der Waals surface area contributed by atoms with Gasteiger partial charge in [0.15, 0.2) is 0 Å². The largest absolute Gasteiger partial charge is 0.380 e. The van der Waals surface area contributed by atoms with Gasteiger partial charge >= 0.3 is 0 Å². The maximum absolute atomic E-state index is 5.69. The van der Waals surface area contributed by atoms with Crippen molar-refractivity contribution < 1.29 is 4.74 Å². The van der Waals surface area contributed by atoms with E-state index in [9.17, 15) is 0 Å². The summed E-state index contributed by atoms with van der Waals surface area (Å²) >= 11 is 0. The molecular formula is C14H28N2O. The smallest absolute Gasteiger partial charge is 0.0726 e. The Balaban J connectivity index is 1.90. The average Bonchev–Trinajstić information content (AvgIpc) is 2.89. The van der Waals surface area contributed by atoms with Gasteiger partial charge in [0, 0.05) is 25.7 Å². The van der Waals surface area contributed by atoms with Gasteiger partial charge in [0.2, 0.25) is 0 Å². The van der Waals surface area contributed by atoms with E-state index < -0.39 is 0 Å². The standard InChI is InChI=1S/C14H28N2O/c1-3-16(11-12-7-6-10-15-12)13-8-4-5-9-14(13)17-2/h12-15H,3-11H2,1-2H3. The third-order valence-electron chi connectivity index (χ3n) is 4.46. The van der Waals surface area contributed by atoms with Gasteiger partial charge in [-0.25, -0.2) is 0 Å². The van der Waals surface area contributed by atoms with Gasteiger partial charge in [-0.2, -0.15) is 0 Å². The molecule has 1 heterocycles. The van der Waals surface area contributed by atoms with Gasteiger partial charge in [0.1, 0.15) is 0 Å². The maximum Gasteiger partial charge on any atom is 0.0726 e. The predicted molar refractivity (Wildman–Crippen MR) is 71.3 cm³/mol. The molecule has 0 bridgehead atoms. The molecule has 100 valence electrons. The molecule has 1 saturated heterocycles. The Bertz CT molecular complexity index is 216. The number of ether oxygens (including phenoxy) is 1. The van der Waals surface area contributed by atoms with Crippen LogP contribution < -0.4 is 5.32 Å². The summed E-state index contributed by atoms with van der Waals surface area (Å²) in [5.41, 5.74) is 0. The highest BCUT2D eigenvalue weighted by molar-refractivity contribution is 4.87. The van der Waals surface area contributed by atoms with Crippen LogP contribution in [0.4, 0.5) is 0 Å². The SMILES string of the molecule is CCN(CC1CCCN1)C1CCCCC1OC. The molecule has 0 aromatic heterocycles. The second kappa shape index (κ2) is 6.72. The van der Waals surface area contributed by atoms with Crippen LogP contribution >= 0.6 is 0 Å². The van der Waals surface area contributed by atoms with Gasteiger partial charge in [-0.3, -0.25) is 4.90 Å². The summed E-state index contributed by atoms with van der Waals surface area (Å²) in [6.45, 7) is 5.86. The fraction of sp³-hybridized carbons (Fsp3) is 1.00. The van der Waals surface area contributed by atoms with Gasteiger partial charge in [-0.1, -0.05) is 19.8 Å². The molecule has 0 spiro atoms. The molecule has 3 unspecified atom stereocenters. The monoisotopic (exact) mass is 240 g/mol. The fourth-order valence-corrected chi connectivity index (χ4v) is 3.46. The van der Waals surface area contributed by atoms with E-state index in [1.807, 2.05) is 7.11 Å². The zero-order valence-corrected chi connectivity index (χ0v) is 11.5. The first-order valence-corrected chi connectivity index (χ1v) is 7.35. The molecule has 1 saturated carbocycles. The van der Waals surface area contributed by atoms with Gasteiger partial charge < -0.3 is 10.1 Å². The molecule has 0 aromatic carbocycles. The summed E-state index contributed by atoms with van der Waals surface area (Å²) in [5, 5.41) is 3.61. The van der Waals surface area contributed by atoms with Gasteiger partial charge in [0.05, 0.1) is 6.10 Å². The van der Waals surface area contributed by atoms with Crippen LogP contribution in [0.3, 0.4) is 0 Å². The summed E-state index contributed by atoms with van der Waals surface area (Å²) in [6.07, 6.45) is 8.44. The Hall–Kier alpha value is -0.120. The Labute approximate surface area is 106 Å². The highest BCUT2D eigenvalue weighted by Crippen LogP contribution is 2.25. The summed E-state index contributed by atoms with van der Waals surface area (Å²) in [7, 11) is 1.88. The lowest BCUT2D eigenvalue weighted by Gasteiger charge is -2.39. The van der Waals surface area contributed by atoms with Gasteiger partial charge in [-0.15, -0.1) is 0 Å². The van der Waals surface area contributed by atoms with E-state index in [0.29, 0.717) is 12.1 Å². The number of hydrogen-bond donors (Lipinski definition) is 1. The highest BCUT2D eigenvalue weighted by atomic mass is 16.5. The first kappa shape index (κ1) is 13.3. The first-order chi connectivity index (χ1) is 8.35. The average molecular weight is 240 g/mol. The Morgan fingerprint density at radius 3 is 2.65 bits per heavy atom. The number of rotatable bonds is 5. The summed E-state index contributed by atoms with van der Waals surface area (Å²) in [6, 6.07) is 1.37. The van der Waals surface area contributed by atoms with Crippen molar-refractivity contribution >= 4 is 0 Å². The molecule has 2 fully saturated rings. The van der Waals surface area contributed by atoms with Crippen molar-refractivity contribution in [2.24, 2.45) is 0 Å². The van der Waals surface area contributed by atoms with E-state index in [1.165, 1.54) is 51.6 Å². The Morgan fingerprint density at radius 1 is 1.18 bits per heavy atom. The molecule has 1 N–H and O–H groups in total. The molecule has 1 aliphatic heterocycles. The van der Waals surface area contributed by atoms with E-state index in [1.54, 1.807) is 0 Å². The molecule has 3 atom stereocenters. The molecule has 3 nitrogen and oxygen atoms in total. The van der Waals surface area contributed by atoms with E-state index in [-0.39, 0.29) is 0 Å².